The Kier molecular flexibility index (Phi) is 75.4. The van der Waals surface area contributed by atoms with Crippen molar-refractivity contribution in [3.05, 3.63) is 12.3 Å². The summed E-state index contributed by atoms with van der Waals surface area (Å²) in [5.74, 6) is 0. The van der Waals surface area contributed by atoms with Gasteiger partial charge in [0.15, 0.2) is 0 Å². The van der Waals surface area contributed by atoms with Crippen LogP contribution in [0.3, 0.4) is 0 Å². The molecule has 0 aromatic heterocycles. The zero-order chi connectivity index (χ0) is 11.7. The van der Waals surface area contributed by atoms with E-state index in [1.165, 1.54) is 6.20 Å². The highest BCUT2D eigenvalue weighted by Gasteiger charge is 1.71. The van der Waals surface area contributed by atoms with E-state index in [1.807, 2.05) is 48.5 Å². The predicted octanol–water partition coefficient (Wildman–Crippen LogP) is 3.63. The number of hydrogen-bond acceptors (Lipinski definition) is 2. The molecule has 0 aliphatic heterocycles. The van der Waals surface area contributed by atoms with E-state index >= 15 is 0 Å². The number of aliphatic imine (C=N–C) groups is 1. The summed E-state index contributed by atoms with van der Waals surface area (Å²) in [6.07, 6.45) is 3.22. The summed E-state index contributed by atoms with van der Waals surface area (Å²) in [6, 6.07) is 0. The fourth-order valence-electron chi connectivity index (χ4n) is 0.214. The highest BCUT2D eigenvalue weighted by atomic mass is 14.7. The molecule has 0 aromatic rings. The third-order valence-electron chi connectivity index (χ3n) is 0.690. The van der Waals surface area contributed by atoms with Gasteiger partial charge < -0.3 is 5.73 Å². The fourth-order valence-corrected chi connectivity index (χ4v) is 0.214. The predicted molar refractivity (Wildman–Crippen MR) is 66.4 cm³/mol. The minimum Gasteiger partial charge on any atom is -0.405 e. The molecule has 2 N–H and O–H groups in total. The van der Waals surface area contributed by atoms with Crippen LogP contribution in [0, 0.1) is 0 Å². The normalized spacial score (nSPS) is 8.46. The Bertz CT molecular complexity index is 94.3. The monoisotopic (exact) mass is 188 g/mol. The van der Waals surface area contributed by atoms with Crippen molar-refractivity contribution >= 4 is 5.71 Å². The molecule has 0 bridgehead atoms. The maximum absolute atomic E-state index is 5.04. The van der Waals surface area contributed by atoms with E-state index in [2.05, 4.69) is 4.99 Å². The lowest BCUT2D eigenvalue weighted by Gasteiger charge is -1.80. The van der Waals surface area contributed by atoms with E-state index in [1.54, 1.807) is 13.1 Å². The topological polar surface area (TPSA) is 38.4 Å². The second kappa shape index (κ2) is 43.1. The van der Waals surface area contributed by atoms with E-state index in [9.17, 15) is 0 Å². The van der Waals surface area contributed by atoms with Gasteiger partial charge in [0.1, 0.15) is 0 Å². The Morgan fingerprint density at radius 1 is 1.00 bits per heavy atom. The Balaban J connectivity index is -0.0000000573. The quantitative estimate of drug-likeness (QED) is 0.627. The smallest absolute Gasteiger partial charge is 0.0328 e. The molecule has 0 unspecified atom stereocenters. The number of rotatable bonds is 1. The third-order valence-corrected chi connectivity index (χ3v) is 0.690. The summed E-state index contributed by atoms with van der Waals surface area (Å²) in [5, 5.41) is 0. The van der Waals surface area contributed by atoms with Crippen LogP contribution in [0.4, 0.5) is 0 Å². The number of nitrogens with zero attached hydrogens (tertiary/aromatic N) is 1. The number of hydrogen-bond donors (Lipinski definition) is 1. The van der Waals surface area contributed by atoms with Crippen LogP contribution >= 0.6 is 0 Å². The highest BCUT2D eigenvalue weighted by molar-refractivity contribution is 5.92. The summed E-state index contributed by atoms with van der Waals surface area (Å²) in [7, 11) is 1.73. The maximum atomic E-state index is 5.04. The molecule has 0 atom stereocenters. The van der Waals surface area contributed by atoms with Gasteiger partial charge in [0.25, 0.3) is 0 Å². The van der Waals surface area contributed by atoms with Crippen molar-refractivity contribution in [1.29, 1.82) is 0 Å². The Labute approximate surface area is 85.0 Å². The molecule has 0 heterocycles. The van der Waals surface area contributed by atoms with Crippen LogP contribution in [0.1, 0.15) is 48.5 Å². The van der Waals surface area contributed by atoms with Crippen LogP contribution in [0.2, 0.25) is 0 Å². The molecule has 0 saturated heterocycles. The van der Waals surface area contributed by atoms with Gasteiger partial charge in [-0.15, -0.1) is 0 Å². The molecule has 0 rings (SSSR count). The lowest BCUT2D eigenvalue weighted by molar-refractivity contribution is 1.43. The molecule has 13 heavy (non-hydrogen) atoms. The molecule has 0 saturated carbocycles. The third kappa shape index (κ3) is 53.6. The number of nitrogens with two attached hydrogens (primary N) is 1. The standard InChI is InChI=1S/C5H10N2.3C2H6/c1-5(7-2)3-4-6;3*1-2/h3-4H,6H2,1-2H3;3*1-2H3/b4-3-,7-5?;;;. The molecule has 0 fully saturated rings. The van der Waals surface area contributed by atoms with E-state index < -0.39 is 0 Å². The van der Waals surface area contributed by atoms with Crippen LogP contribution in [-0.2, 0) is 0 Å². The largest absolute Gasteiger partial charge is 0.405 e. The number of allylic oxidation sites excluding steroid dienone is 1. The molecule has 0 aromatic carbocycles. The summed E-state index contributed by atoms with van der Waals surface area (Å²) >= 11 is 0. The van der Waals surface area contributed by atoms with Crippen molar-refractivity contribution < 1.29 is 0 Å². The molecule has 2 heteroatoms. The molecule has 0 spiro atoms. The van der Waals surface area contributed by atoms with Gasteiger partial charge in [-0.25, -0.2) is 0 Å². The zero-order valence-electron chi connectivity index (χ0n) is 10.7. The van der Waals surface area contributed by atoms with Gasteiger partial charge in [-0.2, -0.15) is 0 Å². The lowest BCUT2D eigenvalue weighted by Crippen LogP contribution is -1.85. The SMILES string of the molecule is CC.CC.CC.CN=C(C)/C=C\N. The Hall–Kier alpha value is -0.790. The maximum Gasteiger partial charge on any atom is 0.0328 e. The first-order valence-electron chi connectivity index (χ1n) is 5.13. The van der Waals surface area contributed by atoms with E-state index in [4.69, 9.17) is 5.73 Å². The lowest BCUT2D eigenvalue weighted by atomic mass is 10.4. The highest BCUT2D eigenvalue weighted by Crippen LogP contribution is 1.72. The summed E-state index contributed by atoms with van der Waals surface area (Å²) in [5.41, 5.74) is 5.99. The molecule has 0 amide bonds. The van der Waals surface area contributed by atoms with E-state index in [0.717, 1.165) is 5.71 Å². The Morgan fingerprint density at radius 3 is 1.38 bits per heavy atom. The van der Waals surface area contributed by atoms with Crippen LogP contribution in [0.25, 0.3) is 0 Å². The van der Waals surface area contributed by atoms with E-state index in [0.29, 0.717) is 0 Å². The van der Waals surface area contributed by atoms with Crippen molar-refractivity contribution in [2.24, 2.45) is 10.7 Å². The molecular formula is C11H28N2. The van der Waals surface area contributed by atoms with Crippen molar-refractivity contribution in [3.63, 3.8) is 0 Å². The average molecular weight is 188 g/mol. The van der Waals surface area contributed by atoms with Gasteiger partial charge in [0.05, 0.1) is 0 Å². The summed E-state index contributed by atoms with van der Waals surface area (Å²) < 4.78 is 0. The molecular weight excluding hydrogens is 160 g/mol. The van der Waals surface area contributed by atoms with Crippen LogP contribution in [-0.4, -0.2) is 12.8 Å². The summed E-state index contributed by atoms with van der Waals surface area (Å²) in [6.45, 7) is 13.9. The van der Waals surface area contributed by atoms with Gasteiger partial charge in [0, 0.05) is 12.8 Å². The van der Waals surface area contributed by atoms with Crippen LogP contribution in [0.5, 0.6) is 0 Å². The van der Waals surface area contributed by atoms with Crippen molar-refractivity contribution in [3.8, 4) is 0 Å². The molecule has 2 nitrogen and oxygen atoms in total. The van der Waals surface area contributed by atoms with Gasteiger partial charge in [0.2, 0.25) is 0 Å². The zero-order valence-corrected chi connectivity index (χ0v) is 10.7. The van der Waals surface area contributed by atoms with Crippen molar-refractivity contribution in [1.82, 2.24) is 0 Å². The molecule has 0 aliphatic carbocycles. The fraction of sp³-hybridized carbons (Fsp3) is 0.727. The van der Waals surface area contributed by atoms with Crippen molar-refractivity contribution in [2.45, 2.75) is 48.5 Å². The molecule has 0 aliphatic rings. The molecule has 0 radical (unpaired) electrons. The van der Waals surface area contributed by atoms with Crippen LogP contribution < -0.4 is 5.73 Å². The Morgan fingerprint density at radius 2 is 1.31 bits per heavy atom. The van der Waals surface area contributed by atoms with Crippen LogP contribution in [0.15, 0.2) is 17.3 Å². The van der Waals surface area contributed by atoms with Gasteiger partial charge in [-0.3, -0.25) is 4.99 Å². The summed E-state index contributed by atoms with van der Waals surface area (Å²) in [4.78, 5) is 3.83. The first-order valence-corrected chi connectivity index (χ1v) is 5.13. The van der Waals surface area contributed by atoms with E-state index in [-0.39, 0.29) is 0 Å². The minimum atomic E-state index is 0.947. The molecule has 82 valence electrons. The second-order valence-corrected chi connectivity index (χ2v) is 1.22. The van der Waals surface area contributed by atoms with Crippen molar-refractivity contribution in [2.75, 3.05) is 7.05 Å². The van der Waals surface area contributed by atoms with Gasteiger partial charge in [-0.1, -0.05) is 41.5 Å². The second-order valence-electron chi connectivity index (χ2n) is 1.22. The average Bonchev–Trinajstić information content (AvgIpc) is 2.27. The van der Waals surface area contributed by atoms with Gasteiger partial charge >= 0.3 is 0 Å². The van der Waals surface area contributed by atoms with Gasteiger partial charge in [-0.05, 0) is 19.2 Å². The minimum absolute atomic E-state index is 0.947. The first-order chi connectivity index (χ1) is 6.31. The first kappa shape index (κ1) is 22.8.